The minimum absolute atomic E-state index is 0.00328. The molecular weight excluding hydrogens is 757 g/mol. The molecule has 1 saturated heterocycles. The number of carbonyl (C=O) groups is 3. The third kappa shape index (κ3) is 12.3. The van der Waals surface area contributed by atoms with E-state index < -0.39 is 48.3 Å². The normalized spacial score (nSPS) is 16.3. The van der Waals surface area contributed by atoms with E-state index in [4.69, 9.17) is 28.8 Å². The van der Waals surface area contributed by atoms with Gasteiger partial charge in [-0.3, -0.25) is 0 Å². The summed E-state index contributed by atoms with van der Waals surface area (Å²) in [4.78, 5) is 35.9. The summed E-state index contributed by atoms with van der Waals surface area (Å²) in [6.07, 6.45) is -7.21. The molecule has 1 aliphatic heterocycles. The van der Waals surface area contributed by atoms with Crippen LogP contribution in [0.4, 0.5) is 13.2 Å². The fraction of sp³-hybridized carbons (Fsp3) is 0.273. The first-order valence-electron chi connectivity index (χ1n) is 18.3. The Balaban J connectivity index is 0.000000627. The number of halogens is 3. The van der Waals surface area contributed by atoms with Crippen LogP contribution in [0.3, 0.4) is 0 Å². The maximum Gasteiger partial charge on any atom is 0.435 e. The lowest BCUT2D eigenvalue weighted by Gasteiger charge is -2.34. The Bertz CT molecular complexity index is 2120. The fourth-order valence-corrected chi connectivity index (χ4v) is 5.93. The van der Waals surface area contributed by atoms with Crippen LogP contribution in [-0.4, -0.2) is 65.0 Å². The number of benzene rings is 4. The summed E-state index contributed by atoms with van der Waals surface area (Å²) in [6.45, 7) is 5.49. The number of aromatic nitrogens is 2. The van der Waals surface area contributed by atoms with Crippen molar-refractivity contribution in [1.82, 2.24) is 9.78 Å². The second-order valence-electron chi connectivity index (χ2n) is 13.4. The highest BCUT2D eigenvalue weighted by Crippen LogP contribution is 2.39. The summed E-state index contributed by atoms with van der Waals surface area (Å²) < 4.78 is 73.6. The number of carboxylic acid groups (broad SMARTS) is 1. The van der Waals surface area contributed by atoms with E-state index in [1.165, 1.54) is 11.8 Å². The summed E-state index contributed by atoms with van der Waals surface area (Å²) >= 11 is 0. The Morgan fingerprint density at radius 3 is 1.93 bits per heavy atom. The van der Waals surface area contributed by atoms with Crippen LogP contribution in [0.5, 0.6) is 11.6 Å². The van der Waals surface area contributed by atoms with E-state index in [1.54, 1.807) is 122 Å². The number of esters is 2. The van der Waals surface area contributed by atoms with Gasteiger partial charge in [-0.1, -0.05) is 72.3 Å². The molecule has 4 aromatic carbocycles. The number of alkyl halides is 3. The predicted molar refractivity (Wildman–Crippen MR) is 207 cm³/mol. The highest BCUT2D eigenvalue weighted by Gasteiger charge is 2.41. The highest BCUT2D eigenvalue weighted by atomic mass is 19.4. The molecule has 14 heteroatoms. The third-order valence-electron chi connectivity index (χ3n) is 8.84. The largest absolute Gasteiger partial charge is 0.497 e. The first-order valence-corrected chi connectivity index (χ1v) is 18.3. The molecule has 3 atom stereocenters. The quantitative estimate of drug-likeness (QED) is 0.0858. The van der Waals surface area contributed by atoms with Gasteiger partial charge < -0.3 is 28.8 Å². The van der Waals surface area contributed by atoms with Gasteiger partial charge in [0.15, 0.2) is 5.69 Å². The van der Waals surface area contributed by atoms with Gasteiger partial charge in [0, 0.05) is 25.8 Å². The van der Waals surface area contributed by atoms with Crippen LogP contribution in [0.1, 0.15) is 74.1 Å². The van der Waals surface area contributed by atoms with Crippen molar-refractivity contribution >= 4 is 17.9 Å². The summed E-state index contributed by atoms with van der Waals surface area (Å²) in [6, 6.07) is 31.7. The Kier molecular flexibility index (Phi) is 14.8. The molecule has 0 radical (unpaired) electrons. The van der Waals surface area contributed by atoms with Crippen LogP contribution in [0.25, 0.3) is 0 Å². The molecule has 0 saturated carbocycles. The zero-order valence-corrected chi connectivity index (χ0v) is 31.9. The average molecular weight is 801 g/mol. The first kappa shape index (κ1) is 42.7. The topological polar surface area (TPSA) is 135 Å². The molecule has 3 unspecified atom stereocenters. The van der Waals surface area contributed by atoms with Crippen LogP contribution >= 0.6 is 0 Å². The van der Waals surface area contributed by atoms with Crippen molar-refractivity contribution in [2.24, 2.45) is 0 Å². The van der Waals surface area contributed by atoms with Crippen LogP contribution in [0.2, 0.25) is 0 Å². The van der Waals surface area contributed by atoms with E-state index in [2.05, 4.69) is 11.7 Å². The van der Waals surface area contributed by atoms with Crippen molar-refractivity contribution in [2.45, 2.75) is 63.8 Å². The Labute approximate surface area is 333 Å². The van der Waals surface area contributed by atoms with Gasteiger partial charge in [-0.2, -0.15) is 18.3 Å². The second kappa shape index (κ2) is 20.1. The molecule has 6 rings (SSSR count). The number of hydrogen-bond donors (Lipinski definition) is 1. The monoisotopic (exact) mass is 800 g/mol. The third-order valence-corrected chi connectivity index (χ3v) is 8.84. The number of aromatic carboxylic acids is 1. The van der Waals surface area contributed by atoms with Gasteiger partial charge >= 0.3 is 24.1 Å². The smallest absolute Gasteiger partial charge is 0.435 e. The highest BCUT2D eigenvalue weighted by molar-refractivity contribution is 5.90. The molecule has 5 aromatic rings. The lowest BCUT2D eigenvalue weighted by atomic mass is 10.0. The van der Waals surface area contributed by atoms with E-state index in [0.717, 1.165) is 5.57 Å². The van der Waals surface area contributed by atoms with Crippen LogP contribution in [0, 0.1) is 0 Å². The number of carboxylic acids is 1. The molecule has 1 aromatic heterocycles. The Morgan fingerprint density at radius 2 is 1.41 bits per heavy atom. The Morgan fingerprint density at radius 1 is 0.845 bits per heavy atom. The number of hydrogen-bond acceptors (Lipinski definition) is 9. The maximum absolute atomic E-state index is 14.5. The number of aryl methyl sites for hydroxylation is 1. The van der Waals surface area contributed by atoms with E-state index in [-0.39, 0.29) is 43.9 Å². The van der Waals surface area contributed by atoms with Crippen molar-refractivity contribution in [2.75, 3.05) is 13.7 Å². The van der Waals surface area contributed by atoms with Gasteiger partial charge in [0.05, 0.1) is 35.5 Å². The number of nitrogens with zero attached hydrogens (tertiary/aromatic N) is 2. The Hall–Kier alpha value is -6.41. The number of allylic oxidation sites excluding steroid dienone is 1. The standard InChI is InChI=1S/C37H37F3N2O7.C7H6O2/c1-24(2)18-19-42-34(31(33(41-42)37(38,39)40)20-25-14-16-28(45-3)17-15-25)49-32-22-29(48-36(44)27-12-8-5-9-13-27)21-30(47-32)23-46-35(43)26-10-6-4-7-11-26;8-7(9)6-4-2-1-3-5-6/h4-17,29-30,32H,1,18-23H2,2-3H3;1-5H,(H,8,9). The van der Waals surface area contributed by atoms with E-state index in [9.17, 15) is 27.6 Å². The number of methoxy groups -OCH3 is 1. The van der Waals surface area contributed by atoms with Gasteiger partial charge in [-0.05, 0) is 67.4 Å². The van der Waals surface area contributed by atoms with Crippen LogP contribution in [-0.2, 0) is 33.4 Å². The summed E-state index contributed by atoms with van der Waals surface area (Å²) in [7, 11) is 1.50. The zero-order valence-electron chi connectivity index (χ0n) is 31.9. The summed E-state index contributed by atoms with van der Waals surface area (Å²) in [5.74, 6) is -1.63. The minimum Gasteiger partial charge on any atom is -0.497 e. The maximum atomic E-state index is 14.5. The van der Waals surface area contributed by atoms with Crippen molar-refractivity contribution in [3.63, 3.8) is 0 Å². The molecule has 0 amide bonds. The SMILES string of the molecule is C=C(C)CCn1nc(C(F)(F)F)c(Cc2ccc(OC)cc2)c1OC1CC(OC(=O)c2ccccc2)CC(COC(=O)c2ccccc2)O1.O=C(O)c1ccccc1. The molecule has 0 aliphatic carbocycles. The minimum atomic E-state index is -4.79. The van der Waals surface area contributed by atoms with E-state index in [0.29, 0.717) is 34.4 Å². The lowest BCUT2D eigenvalue weighted by Crippen LogP contribution is -2.43. The van der Waals surface area contributed by atoms with Crippen molar-refractivity contribution < 1.29 is 56.3 Å². The molecule has 58 heavy (non-hydrogen) atoms. The van der Waals surface area contributed by atoms with Gasteiger partial charge in [-0.25, -0.2) is 19.1 Å². The van der Waals surface area contributed by atoms with Crippen molar-refractivity contribution in [3.05, 3.63) is 161 Å². The fourth-order valence-electron chi connectivity index (χ4n) is 5.93. The van der Waals surface area contributed by atoms with Crippen molar-refractivity contribution in [1.29, 1.82) is 0 Å². The molecule has 304 valence electrons. The number of ether oxygens (including phenoxy) is 5. The lowest BCUT2D eigenvalue weighted by molar-refractivity contribution is -0.187. The van der Waals surface area contributed by atoms with Gasteiger partial charge in [-0.15, -0.1) is 6.58 Å². The van der Waals surface area contributed by atoms with E-state index in [1.807, 2.05) is 0 Å². The molecule has 1 N–H and O–H groups in total. The zero-order chi connectivity index (χ0) is 41.7. The predicted octanol–water partition coefficient (Wildman–Crippen LogP) is 8.82. The summed E-state index contributed by atoms with van der Waals surface area (Å²) in [5.41, 5.74) is 1.04. The first-order chi connectivity index (χ1) is 27.8. The second-order valence-corrected chi connectivity index (χ2v) is 13.4. The number of carbonyl (C=O) groups excluding carboxylic acids is 2. The molecule has 0 spiro atoms. The van der Waals surface area contributed by atoms with Gasteiger partial charge in [0.2, 0.25) is 12.2 Å². The van der Waals surface area contributed by atoms with Gasteiger partial charge in [0.1, 0.15) is 18.5 Å². The van der Waals surface area contributed by atoms with E-state index >= 15 is 0 Å². The number of rotatable bonds is 14. The molecule has 2 heterocycles. The molecular formula is C44H43F3N2O9. The molecule has 0 bridgehead atoms. The van der Waals surface area contributed by atoms with Crippen molar-refractivity contribution in [3.8, 4) is 11.6 Å². The van der Waals surface area contributed by atoms with Gasteiger partial charge in [0.25, 0.3) is 0 Å². The average Bonchev–Trinajstić information content (AvgIpc) is 3.57. The molecule has 1 fully saturated rings. The van der Waals surface area contributed by atoms with Crippen LogP contribution in [0.15, 0.2) is 127 Å². The molecule has 1 aliphatic rings. The summed E-state index contributed by atoms with van der Waals surface area (Å²) in [5, 5.41) is 12.3. The van der Waals surface area contributed by atoms with Crippen LogP contribution < -0.4 is 9.47 Å². The molecule has 11 nitrogen and oxygen atoms in total.